The molecule has 2 aromatic rings. The Hall–Kier alpha value is -2.16. The quantitative estimate of drug-likeness (QED) is 0.566. The Morgan fingerprint density at radius 1 is 1.38 bits per heavy atom. The highest BCUT2D eigenvalue weighted by Crippen LogP contribution is 2.31. The van der Waals surface area contributed by atoms with Gasteiger partial charge in [0.05, 0.1) is 6.04 Å². The lowest BCUT2D eigenvalue weighted by Crippen LogP contribution is -2.36. The minimum atomic E-state index is -2.65. The van der Waals surface area contributed by atoms with Crippen LogP contribution in [0.15, 0.2) is 28.3 Å². The summed E-state index contributed by atoms with van der Waals surface area (Å²) in [5, 5.41) is -0.103. The number of amides is 1. The van der Waals surface area contributed by atoms with Gasteiger partial charge in [0.1, 0.15) is 0 Å². The first-order valence-corrected chi connectivity index (χ1v) is 10.7. The van der Waals surface area contributed by atoms with Crippen molar-refractivity contribution in [3.63, 3.8) is 0 Å². The summed E-state index contributed by atoms with van der Waals surface area (Å²) in [6.07, 6.45) is 6.47. The van der Waals surface area contributed by atoms with Gasteiger partial charge in [-0.2, -0.15) is 8.78 Å². The summed E-state index contributed by atoms with van der Waals surface area (Å²) in [6, 6.07) is 4.07. The van der Waals surface area contributed by atoms with Crippen LogP contribution in [0.5, 0.6) is 0 Å². The molecule has 1 aliphatic rings. The highest BCUT2D eigenvalue weighted by Gasteiger charge is 2.28. The van der Waals surface area contributed by atoms with Crippen molar-refractivity contribution in [3.05, 3.63) is 45.6 Å². The third kappa shape index (κ3) is 5.26. The molecule has 0 aliphatic carbocycles. The van der Waals surface area contributed by atoms with Gasteiger partial charge in [-0.3, -0.25) is 9.59 Å². The van der Waals surface area contributed by atoms with Gasteiger partial charge in [-0.1, -0.05) is 12.8 Å². The summed E-state index contributed by atoms with van der Waals surface area (Å²) in [4.78, 5) is 33.7. The van der Waals surface area contributed by atoms with Crippen LogP contribution in [-0.4, -0.2) is 37.6 Å². The summed E-state index contributed by atoms with van der Waals surface area (Å²) < 4.78 is 27.1. The van der Waals surface area contributed by atoms with E-state index in [0.29, 0.717) is 17.8 Å². The number of nitrogens with zero attached hydrogens (tertiary/aromatic N) is 3. The fourth-order valence-corrected chi connectivity index (χ4v) is 4.44. The molecule has 0 aromatic carbocycles. The summed E-state index contributed by atoms with van der Waals surface area (Å²) in [5.74, 6) is -2.65. The zero-order chi connectivity index (χ0) is 21.0. The molecule has 0 saturated carbocycles. The normalized spacial score (nSPS) is 17.6. The van der Waals surface area contributed by atoms with Crippen LogP contribution in [0, 0.1) is 6.92 Å². The Morgan fingerprint density at radius 3 is 2.83 bits per heavy atom. The Labute approximate surface area is 172 Å². The van der Waals surface area contributed by atoms with Crippen molar-refractivity contribution in [3.8, 4) is 0 Å². The standard InChI is InChI=1S/C20H26F2N4O2S/c1-13-14(18(28)24-20(23-13)29-19(21)22)9-10-17(27)26-12-5-3-4-7-16(26)15-8-6-11-25(15)2/h6,8,11,16,19H,3-5,7,9-10,12H2,1-2H3,(H,23,24,28). The molecule has 0 spiro atoms. The molecule has 1 N–H and O–H groups in total. The van der Waals surface area contributed by atoms with Gasteiger partial charge in [0.15, 0.2) is 5.16 Å². The molecule has 29 heavy (non-hydrogen) atoms. The number of H-pyrrole nitrogens is 1. The number of aromatic nitrogens is 3. The van der Waals surface area contributed by atoms with Gasteiger partial charge >= 0.3 is 0 Å². The maximum atomic E-state index is 13.1. The summed E-state index contributed by atoms with van der Waals surface area (Å²) >= 11 is 0.207. The fourth-order valence-electron chi connectivity index (χ4n) is 3.93. The molecular formula is C20H26F2N4O2S. The average Bonchev–Trinajstić information content (AvgIpc) is 2.92. The predicted molar refractivity (Wildman–Crippen MR) is 108 cm³/mol. The summed E-state index contributed by atoms with van der Waals surface area (Å²) in [5.41, 5.74) is 1.43. The molecule has 1 fully saturated rings. The number of carbonyl (C=O) groups is 1. The number of hydrogen-bond acceptors (Lipinski definition) is 4. The number of nitrogens with one attached hydrogen (secondary N) is 1. The molecule has 3 heterocycles. The molecule has 2 aromatic heterocycles. The third-order valence-corrected chi connectivity index (χ3v) is 5.98. The number of halogens is 2. The zero-order valence-electron chi connectivity index (χ0n) is 16.7. The van der Waals surface area contributed by atoms with E-state index < -0.39 is 11.3 Å². The van der Waals surface area contributed by atoms with Gasteiger partial charge in [-0.25, -0.2) is 4.98 Å². The Balaban J connectivity index is 1.73. The lowest BCUT2D eigenvalue weighted by atomic mass is 10.0. The van der Waals surface area contributed by atoms with Crippen LogP contribution in [0.1, 0.15) is 55.1 Å². The van der Waals surface area contributed by atoms with Gasteiger partial charge in [0.2, 0.25) is 5.91 Å². The van der Waals surface area contributed by atoms with Crippen LogP contribution >= 0.6 is 11.8 Å². The molecule has 1 aliphatic heterocycles. The summed E-state index contributed by atoms with van der Waals surface area (Å²) in [7, 11) is 1.98. The van der Waals surface area contributed by atoms with E-state index in [2.05, 4.69) is 20.6 Å². The van der Waals surface area contributed by atoms with E-state index in [4.69, 9.17) is 0 Å². The number of rotatable bonds is 6. The maximum absolute atomic E-state index is 13.1. The van der Waals surface area contributed by atoms with Gasteiger partial charge < -0.3 is 14.5 Å². The highest BCUT2D eigenvalue weighted by molar-refractivity contribution is 7.99. The minimum Gasteiger partial charge on any atom is -0.353 e. The monoisotopic (exact) mass is 424 g/mol. The van der Waals surface area contributed by atoms with Crippen molar-refractivity contribution in [1.82, 2.24) is 19.4 Å². The van der Waals surface area contributed by atoms with Gasteiger partial charge in [0.25, 0.3) is 11.3 Å². The van der Waals surface area contributed by atoms with Crippen LogP contribution in [0.2, 0.25) is 0 Å². The molecular weight excluding hydrogens is 398 g/mol. The van der Waals surface area contributed by atoms with Gasteiger partial charge in [-0.05, 0) is 50.1 Å². The first-order valence-electron chi connectivity index (χ1n) is 9.82. The van der Waals surface area contributed by atoms with E-state index in [0.717, 1.165) is 31.4 Å². The number of hydrogen-bond donors (Lipinski definition) is 1. The molecule has 6 nitrogen and oxygen atoms in total. The van der Waals surface area contributed by atoms with Gasteiger partial charge in [-0.15, -0.1) is 0 Å². The van der Waals surface area contributed by atoms with Crippen LogP contribution in [0.3, 0.4) is 0 Å². The SMILES string of the molecule is Cc1nc(SC(F)F)[nH]c(=O)c1CCC(=O)N1CCCCCC1c1cccn1C. The molecule has 1 atom stereocenters. The Kier molecular flexibility index (Phi) is 7.10. The molecule has 0 radical (unpaired) electrons. The second-order valence-electron chi connectivity index (χ2n) is 7.31. The average molecular weight is 425 g/mol. The van der Waals surface area contributed by atoms with E-state index in [9.17, 15) is 18.4 Å². The predicted octanol–water partition coefficient (Wildman–Crippen LogP) is 3.81. The number of thioether (sulfide) groups is 1. The second-order valence-corrected chi connectivity index (χ2v) is 8.29. The minimum absolute atomic E-state index is 0.00271. The lowest BCUT2D eigenvalue weighted by molar-refractivity contribution is -0.133. The number of carbonyl (C=O) groups excluding carboxylic acids is 1. The molecule has 1 saturated heterocycles. The molecule has 1 unspecified atom stereocenters. The van der Waals surface area contributed by atoms with Crippen molar-refractivity contribution in [2.75, 3.05) is 6.54 Å². The van der Waals surface area contributed by atoms with Crippen LogP contribution in [0.4, 0.5) is 8.78 Å². The first kappa shape index (κ1) is 21.5. The number of aromatic amines is 1. The second kappa shape index (κ2) is 9.56. The van der Waals surface area contributed by atoms with Gasteiger partial charge in [0, 0.05) is 43.2 Å². The van der Waals surface area contributed by atoms with E-state index in [1.165, 1.54) is 0 Å². The van der Waals surface area contributed by atoms with Crippen LogP contribution in [-0.2, 0) is 18.3 Å². The van der Waals surface area contributed by atoms with Crippen molar-refractivity contribution < 1.29 is 13.6 Å². The smallest absolute Gasteiger partial charge is 0.291 e. The fraction of sp³-hybridized carbons (Fsp3) is 0.550. The van der Waals surface area contributed by atoms with Crippen molar-refractivity contribution in [2.45, 2.75) is 62.4 Å². The lowest BCUT2D eigenvalue weighted by Gasteiger charge is -2.31. The highest BCUT2D eigenvalue weighted by atomic mass is 32.2. The van der Waals surface area contributed by atoms with E-state index in [-0.39, 0.29) is 41.7 Å². The molecule has 9 heteroatoms. The number of alkyl halides is 2. The van der Waals surface area contributed by atoms with E-state index >= 15 is 0 Å². The number of likely N-dealkylation sites (tertiary alicyclic amines) is 1. The molecule has 3 rings (SSSR count). The molecule has 158 valence electrons. The van der Waals surface area contributed by atoms with E-state index in [1.807, 2.05) is 24.2 Å². The van der Waals surface area contributed by atoms with Crippen molar-refractivity contribution in [2.24, 2.45) is 7.05 Å². The van der Waals surface area contributed by atoms with Crippen LogP contribution in [0.25, 0.3) is 0 Å². The first-order chi connectivity index (χ1) is 13.9. The number of aryl methyl sites for hydroxylation is 2. The Morgan fingerprint density at radius 2 is 2.17 bits per heavy atom. The summed E-state index contributed by atoms with van der Waals surface area (Å²) in [6.45, 7) is 2.32. The zero-order valence-corrected chi connectivity index (χ0v) is 17.5. The molecule has 1 amide bonds. The third-order valence-electron chi connectivity index (χ3n) is 5.39. The topological polar surface area (TPSA) is 71.0 Å². The van der Waals surface area contributed by atoms with Crippen LogP contribution < -0.4 is 5.56 Å². The molecule has 0 bridgehead atoms. The van der Waals surface area contributed by atoms with Crippen molar-refractivity contribution in [1.29, 1.82) is 0 Å². The largest absolute Gasteiger partial charge is 0.353 e. The van der Waals surface area contributed by atoms with E-state index in [1.54, 1.807) is 6.92 Å². The van der Waals surface area contributed by atoms with Crippen molar-refractivity contribution >= 4 is 17.7 Å². The Bertz CT molecular complexity index is 912. The maximum Gasteiger partial charge on any atom is 0.291 e.